The maximum atomic E-state index is 13.9. The van der Waals surface area contributed by atoms with Crippen molar-refractivity contribution >= 4 is 0 Å². The molecule has 1 aromatic rings. The first-order chi connectivity index (χ1) is 8.60. The zero-order valence-electron chi connectivity index (χ0n) is 11.2. The zero-order chi connectivity index (χ0) is 13.1. The average Bonchev–Trinajstić information content (AvgIpc) is 2.36. The summed E-state index contributed by atoms with van der Waals surface area (Å²) in [6.07, 6.45) is 0. The molecule has 0 aromatic heterocycles. The van der Waals surface area contributed by atoms with Crippen molar-refractivity contribution in [1.29, 1.82) is 0 Å². The van der Waals surface area contributed by atoms with E-state index in [-0.39, 0.29) is 5.82 Å². The number of nitrogens with zero attached hydrogens (tertiary/aromatic N) is 1. The summed E-state index contributed by atoms with van der Waals surface area (Å²) in [5.41, 5.74) is 0.733. The van der Waals surface area contributed by atoms with Crippen molar-refractivity contribution in [2.75, 3.05) is 20.2 Å². The van der Waals surface area contributed by atoms with Gasteiger partial charge in [0.2, 0.25) is 0 Å². The standard InChI is InChI=1S/C14H21FN2O/c1-10-8-17(11(2)7-16-10)9-12-4-5-13(18-3)6-14(12)15/h4-6,10-11,16H,7-9H2,1-3H3. The molecular formula is C14H21FN2O. The van der Waals surface area contributed by atoms with Gasteiger partial charge in [0.1, 0.15) is 11.6 Å². The van der Waals surface area contributed by atoms with Crippen LogP contribution in [0, 0.1) is 5.82 Å². The van der Waals surface area contributed by atoms with Crippen LogP contribution in [-0.2, 0) is 6.54 Å². The largest absolute Gasteiger partial charge is 0.497 e. The van der Waals surface area contributed by atoms with E-state index >= 15 is 0 Å². The zero-order valence-corrected chi connectivity index (χ0v) is 11.2. The van der Waals surface area contributed by atoms with E-state index in [1.807, 2.05) is 12.1 Å². The van der Waals surface area contributed by atoms with Crippen LogP contribution in [-0.4, -0.2) is 37.2 Å². The Morgan fingerprint density at radius 2 is 2.22 bits per heavy atom. The van der Waals surface area contributed by atoms with Crippen molar-refractivity contribution in [3.05, 3.63) is 29.6 Å². The number of ether oxygens (including phenoxy) is 1. The molecule has 18 heavy (non-hydrogen) atoms. The van der Waals surface area contributed by atoms with Crippen LogP contribution in [0.15, 0.2) is 18.2 Å². The van der Waals surface area contributed by atoms with Crippen LogP contribution in [0.3, 0.4) is 0 Å². The molecule has 2 atom stereocenters. The highest BCUT2D eigenvalue weighted by Gasteiger charge is 2.23. The molecule has 1 heterocycles. The maximum Gasteiger partial charge on any atom is 0.131 e. The van der Waals surface area contributed by atoms with E-state index in [2.05, 4.69) is 24.1 Å². The lowest BCUT2D eigenvalue weighted by atomic mass is 10.1. The van der Waals surface area contributed by atoms with Crippen LogP contribution in [0.4, 0.5) is 4.39 Å². The molecule has 1 aromatic carbocycles. The van der Waals surface area contributed by atoms with Gasteiger partial charge in [-0.15, -0.1) is 0 Å². The molecular weight excluding hydrogens is 231 g/mol. The lowest BCUT2D eigenvalue weighted by Gasteiger charge is -2.37. The van der Waals surface area contributed by atoms with Gasteiger partial charge < -0.3 is 10.1 Å². The Hall–Kier alpha value is -1.13. The molecule has 0 saturated carbocycles. The Labute approximate surface area is 108 Å². The third-order valence-corrected chi connectivity index (χ3v) is 3.53. The molecule has 0 amide bonds. The van der Waals surface area contributed by atoms with Crippen LogP contribution in [0.5, 0.6) is 5.75 Å². The molecule has 0 aliphatic carbocycles. The summed E-state index contributed by atoms with van der Waals surface area (Å²) < 4.78 is 18.9. The van der Waals surface area contributed by atoms with E-state index in [9.17, 15) is 4.39 Å². The van der Waals surface area contributed by atoms with Gasteiger partial charge in [-0.1, -0.05) is 6.07 Å². The molecule has 3 nitrogen and oxygen atoms in total. The highest BCUT2D eigenvalue weighted by atomic mass is 19.1. The molecule has 0 bridgehead atoms. The number of halogens is 1. The Morgan fingerprint density at radius 3 is 2.89 bits per heavy atom. The molecule has 4 heteroatoms. The molecule has 2 rings (SSSR count). The van der Waals surface area contributed by atoms with Crippen LogP contribution in [0.2, 0.25) is 0 Å². The highest BCUT2D eigenvalue weighted by molar-refractivity contribution is 5.28. The Morgan fingerprint density at radius 1 is 1.44 bits per heavy atom. The average molecular weight is 252 g/mol. The maximum absolute atomic E-state index is 13.9. The summed E-state index contributed by atoms with van der Waals surface area (Å²) in [5, 5.41) is 3.42. The van der Waals surface area contributed by atoms with Gasteiger partial charge in [-0.05, 0) is 19.9 Å². The molecule has 0 spiro atoms. The fraction of sp³-hybridized carbons (Fsp3) is 0.571. The van der Waals surface area contributed by atoms with E-state index in [0.717, 1.165) is 18.7 Å². The van der Waals surface area contributed by atoms with Crippen LogP contribution >= 0.6 is 0 Å². The number of hydrogen-bond acceptors (Lipinski definition) is 3. The van der Waals surface area contributed by atoms with Gasteiger partial charge in [-0.2, -0.15) is 0 Å². The fourth-order valence-corrected chi connectivity index (χ4v) is 2.32. The molecule has 100 valence electrons. The van der Waals surface area contributed by atoms with Crippen molar-refractivity contribution in [3.8, 4) is 5.75 Å². The van der Waals surface area contributed by atoms with Crippen LogP contribution in [0.1, 0.15) is 19.4 Å². The lowest BCUT2D eigenvalue weighted by molar-refractivity contribution is 0.137. The smallest absolute Gasteiger partial charge is 0.131 e. The molecule has 1 fully saturated rings. The summed E-state index contributed by atoms with van der Waals surface area (Å²) in [6.45, 7) is 6.89. The molecule has 1 N–H and O–H groups in total. The van der Waals surface area contributed by atoms with Gasteiger partial charge in [0.25, 0.3) is 0 Å². The summed E-state index contributed by atoms with van der Waals surface area (Å²) in [6, 6.07) is 5.97. The second kappa shape index (κ2) is 5.67. The summed E-state index contributed by atoms with van der Waals surface area (Å²) in [5.74, 6) is 0.380. The van der Waals surface area contributed by atoms with E-state index < -0.39 is 0 Å². The number of methoxy groups -OCH3 is 1. The summed E-state index contributed by atoms with van der Waals surface area (Å²) >= 11 is 0. The SMILES string of the molecule is COc1ccc(CN2CC(C)NCC2C)c(F)c1. The van der Waals surface area contributed by atoms with E-state index in [1.54, 1.807) is 7.11 Å². The van der Waals surface area contributed by atoms with Crippen molar-refractivity contribution in [2.45, 2.75) is 32.5 Å². The minimum Gasteiger partial charge on any atom is -0.497 e. The molecule has 2 unspecified atom stereocenters. The number of hydrogen-bond donors (Lipinski definition) is 1. The minimum absolute atomic E-state index is 0.187. The van der Waals surface area contributed by atoms with Gasteiger partial charge in [0.15, 0.2) is 0 Å². The summed E-state index contributed by atoms with van der Waals surface area (Å²) in [4.78, 5) is 2.31. The third-order valence-electron chi connectivity index (χ3n) is 3.53. The Bertz CT molecular complexity index is 411. The monoisotopic (exact) mass is 252 g/mol. The first-order valence-electron chi connectivity index (χ1n) is 6.40. The normalized spacial score (nSPS) is 25.1. The van der Waals surface area contributed by atoms with Gasteiger partial charge >= 0.3 is 0 Å². The molecule has 1 aliphatic heterocycles. The summed E-state index contributed by atoms with van der Waals surface area (Å²) in [7, 11) is 1.55. The number of benzene rings is 1. The van der Waals surface area contributed by atoms with Gasteiger partial charge in [0, 0.05) is 43.3 Å². The second-order valence-electron chi connectivity index (χ2n) is 5.05. The first kappa shape index (κ1) is 13.3. The number of rotatable bonds is 3. The molecule has 0 radical (unpaired) electrons. The van der Waals surface area contributed by atoms with Gasteiger partial charge in [0.05, 0.1) is 7.11 Å². The van der Waals surface area contributed by atoms with E-state index in [1.165, 1.54) is 6.07 Å². The van der Waals surface area contributed by atoms with Crippen LogP contribution in [0.25, 0.3) is 0 Å². The van der Waals surface area contributed by atoms with Crippen molar-refractivity contribution < 1.29 is 9.13 Å². The Kier molecular flexibility index (Phi) is 4.19. The van der Waals surface area contributed by atoms with E-state index in [0.29, 0.717) is 24.4 Å². The quantitative estimate of drug-likeness (QED) is 0.890. The predicted molar refractivity (Wildman–Crippen MR) is 70.3 cm³/mol. The minimum atomic E-state index is -0.187. The van der Waals surface area contributed by atoms with E-state index in [4.69, 9.17) is 4.74 Å². The predicted octanol–water partition coefficient (Wildman–Crippen LogP) is 2.02. The van der Waals surface area contributed by atoms with Crippen molar-refractivity contribution in [2.24, 2.45) is 0 Å². The highest BCUT2D eigenvalue weighted by Crippen LogP contribution is 2.19. The first-order valence-corrected chi connectivity index (χ1v) is 6.40. The number of nitrogens with one attached hydrogen (secondary N) is 1. The number of piperazine rings is 1. The topological polar surface area (TPSA) is 24.5 Å². The molecule has 1 saturated heterocycles. The van der Waals surface area contributed by atoms with Gasteiger partial charge in [-0.25, -0.2) is 4.39 Å². The third kappa shape index (κ3) is 3.00. The van der Waals surface area contributed by atoms with Crippen molar-refractivity contribution in [1.82, 2.24) is 10.2 Å². The van der Waals surface area contributed by atoms with Crippen LogP contribution < -0.4 is 10.1 Å². The van der Waals surface area contributed by atoms with Gasteiger partial charge in [-0.3, -0.25) is 4.90 Å². The Balaban J connectivity index is 2.08. The lowest BCUT2D eigenvalue weighted by Crippen LogP contribution is -2.53. The molecule has 1 aliphatic rings. The van der Waals surface area contributed by atoms with Crippen molar-refractivity contribution in [3.63, 3.8) is 0 Å². The second-order valence-corrected chi connectivity index (χ2v) is 5.05. The fourth-order valence-electron chi connectivity index (χ4n) is 2.32.